The Morgan fingerprint density at radius 3 is 1.11 bits per heavy atom. The largest absolute Gasteiger partial charge is 0.286 e. The maximum atomic E-state index is 12.1. The normalized spacial score (nSPS) is 12.6. The third kappa shape index (κ3) is 6.16. The second-order valence-corrected chi connectivity index (χ2v) is 9.14. The van der Waals surface area contributed by atoms with Gasteiger partial charge in [-0.25, -0.2) is 0 Å². The van der Waals surface area contributed by atoms with E-state index in [2.05, 4.69) is 41.5 Å². The zero-order chi connectivity index (χ0) is 20.9. The molecule has 0 spiro atoms. The molecule has 0 saturated heterocycles. The molecule has 0 aliphatic heterocycles. The fourth-order valence-electron chi connectivity index (χ4n) is 2.70. The molecule has 0 fully saturated rings. The van der Waals surface area contributed by atoms with Crippen molar-refractivity contribution in [2.24, 2.45) is 0 Å². The van der Waals surface area contributed by atoms with Gasteiger partial charge in [0.15, 0.2) is 0 Å². The Labute approximate surface area is 169 Å². The van der Waals surface area contributed by atoms with Gasteiger partial charge in [-0.3, -0.25) is 9.59 Å². The third-order valence-corrected chi connectivity index (χ3v) is 4.65. The maximum absolute atomic E-state index is 12.1. The second kappa shape index (κ2) is 8.52. The summed E-state index contributed by atoms with van der Waals surface area (Å²) in [6.07, 6.45) is 6.03. The zero-order valence-electron chi connectivity index (χ0n) is 17.7. The SMILES string of the molecule is CC(C)(C)c1ccc(/C=C/C(=O)C(=O)/C=C/c2ccc(C(C)(C)C)cc2)cc1. The first-order valence-corrected chi connectivity index (χ1v) is 9.62. The summed E-state index contributed by atoms with van der Waals surface area (Å²) in [6, 6.07) is 16.0. The summed E-state index contributed by atoms with van der Waals surface area (Å²) >= 11 is 0. The summed E-state index contributed by atoms with van der Waals surface area (Å²) in [5.41, 5.74) is 4.43. The molecule has 2 nitrogen and oxygen atoms in total. The monoisotopic (exact) mass is 374 g/mol. The van der Waals surface area contributed by atoms with Crippen molar-refractivity contribution >= 4 is 23.7 Å². The number of carbonyl (C=O) groups is 2. The van der Waals surface area contributed by atoms with Crippen LogP contribution < -0.4 is 0 Å². The lowest BCUT2D eigenvalue weighted by molar-refractivity contribution is -0.130. The fourth-order valence-corrected chi connectivity index (χ4v) is 2.70. The molecule has 0 atom stereocenters. The highest BCUT2D eigenvalue weighted by Gasteiger charge is 2.13. The van der Waals surface area contributed by atoms with Gasteiger partial charge in [0.1, 0.15) is 0 Å². The number of hydrogen-bond donors (Lipinski definition) is 0. The highest BCUT2D eigenvalue weighted by atomic mass is 16.2. The summed E-state index contributed by atoms with van der Waals surface area (Å²) in [5.74, 6) is -1.05. The lowest BCUT2D eigenvalue weighted by Gasteiger charge is -2.18. The molecule has 0 aromatic heterocycles. The molecule has 0 heterocycles. The first kappa shape index (κ1) is 21.6. The first-order valence-electron chi connectivity index (χ1n) is 9.62. The van der Waals surface area contributed by atoms with Crippen molar-refractivity contribution in [3.8, 4) is 0 Å². The van der Waals surface area contributed by atoms with E-state index in [0.717, 1.165) is 11.1 Å². The number of carbonyl (C=O) groups excluding carboxylic acids is 2. The topological polar surface area (TPSA) is 34.1 Å². The zero-order valence-corrected chi connectivity index (χ0v) is 17.7. The lowest BCUT2D eigenvalue weighted by Crippen LogP contribution is -2.10. The van der Waals surface area contributed by atoms with Crippen molar-refractivity contribution in [2.75, 3.05) is 0 Å². The molecule has 2 aromatic rings. The molecule has 0 N–H and O–H groups in total. The van der Waals surface area contributed by atoms with Gasteiger partial charge in [-0.05, 0) is 45.2 Å². The summed E-state index contributed by atoms with van der Waals surface area (Å²) in [6.45, 7) is 12.9. The van der Waals surface area contributed by atoms with Gasteiger partial charge in [-0.2, -0.15) is 0 Å². The molecule has 0 aliphatic carbocycles. The van der Waals surface area contributed by atoms with E-state index in [-0.39, 0.29) is 10.8 Å². The minimum Gasteiger partial charge on any atom is -0.286 e. The molecule has 0 bridgehead atoms. The molecule has 28 heavy (non-hydrogen) atoms. The highest BCUT2D eigenvalue weighted by Crippen LogP contribution is 2.23. The summed E-state index contributed by atoms with van der Waals surface area (Å²) < 4.78 is 0. The van der Waals surface area contributed by atoms with Crippen LogP contribution in [0, 0.1) is 0 Å². The average Bonchev–Trinajstić information content (AvgIpc) is 2.63. The summed E-state index contributed by atoms with van der Waals surface area (Å²) in [5, 5.41) is 0. The van der Waals surface area contributed by atoms with Crippen LogP contribution in [0.5, 0.6) is 0 Å². The minimum atomic E-state index is -0.526. The van der Waals surface area contributed by atoms with E-state index >= 15 is 0 Å². The second-order valence-electron chi connectivity index (χ2n) is 9.14. The van der Waals surface area contributed by atoms with Gasteiger partial charge in [0.25, 0.3) is 0 Å². The molecule has 0 saturated carbocycles. The van der Waals surface area contributed by atoms with Crippen LogP contribution in [0.3, 0.4) is 0 Å². The van der Waals surface area contributed by atoms with Crippen LogP contribution in [0.2, 0.25) is 0 Å². The summed E-state index contributed by atoms with van der Waals surface area (Å²) in [4.78, 5) is 24.1. The van der Waals surface area contributed by atoms with Crippen LogP contribution in [0.25, 0.3) is 12.2 Å². The van der Waals surface area contributed by atoms with Crippen LogP contribution in [0.4, 0.5) is 0 Å². The van der Waals surface area contributed by atoms with Crippen molar-refractivity contribution in [2.45, 2.75) is 52.4 Å². The van der Waals surface area contributed by atoms with Crippen molar-refractivity contribution in [1.29, 1.82) is 0 Å². The smallest absolute Gasteiger partial charge is 0.225 e. The van der Waals surface area contributed by atoms with E-state index in [4.69, 9.17) is 0 Å². The Morgan fingerprint density at radius 1 is 0.571 bits per heavy atom. The van der Waals surface area contributed by atoms with Crippen molar-refractivity contribution in [3.63, 3.8) is 0 Å². The third-order valence-electron chi connectivity index (χ3n) is 4.65. The molecule has 2 aromatic carbocycles. The van der Waals surface area contributed by atoms with Gasteiger partial charge >= 0.3 is 0 Å². The van der Waals surface area contributed by atoms with Gasteiger partial charge < -0.3 is 0 Å². The maximum Gasteiger partial charge on any atom is 0.225 e. The highest BCUT2D eigenvalue weighted by molar-refractivity contribution is 6.46. The molecule has 0 unspecified atom stereocenters. The van der Waals surface area contributed by atoms with E-state index in [9.17, 15) is 9.59 Å². The standard InChI is InChI=1S/C26H30O2/c1-25(2,3)21-13-7-19(8-14-21)11-17-23(27)24(28)18-12-20-9-15-22(16-10-20)26(4,5)6/h7-18H,1-6H3/b17-11+,18-12+. The molecule has 2 heteroatoms. The van der Waals surface area contributed by atoms with Crippen LogP contribution >= 0.6 is 0 Å². The molecule has 146 valence electrons. The molecule has 0 amide bonds. The number of ketones is 2. The van der Waals surface area contributed by atoms with Crippen molar-refractivity contribution in [1.82, 2.24) is 0 Å². The molecular weight excluding hydrogens is 344 g/mol. The van der Waals surface area contributed by atoms with Crippen molar-refractivity contribution < 1.29 is 9.59 Å². The average molecular weight is 375 g/mol. The van der Waals surface area contributed by atoms with Gasteiger partial charge in [-0.15, -0.1) is 0 Å². The molecule has 0 aliphatic rings. The van der Waals surface area contributed by atoms with E-state index < -0.39 is 11.6 Å². The minimum absolute atomic E-state index is 0.0872. The number of hydrogen-bond acceptors (Lipinski definition) is 2. The van der Waals surface area contributed by atoms with E-state index in [1.165, 1.54) is 23.3 Å². The van der Waals surface area contributed by atoms with Gasteiger partial charge in [0.2, 0.25) is 11.6 Å². The number of allylic oxidation sites excluding steroid dienone is 2. The van der Waals surface area contributed by atoms with Crippen LogP contribution in [-0.4, -0.2) is 11.6 Å². The Balaban J connectivity index is 1.99. The Bertz CT molecular complexity index is 804. The van der Waals surface area contributed by atoms with E-state index in [1.807, 2.05) is 48.5 Å². The Morgan fingerprint density at radius 2 is 0.857 bits per heavy atom. The predicted octanol–water partition coefficient (Wildman–Crippen LogP) is 6.15. The first-order chi connectivity index (χ1) is 13.0. The van der Waals surface area contributed by atoms with Crippen LogP contribution in [-0.2, 0) is 20.4 Å². The van der Waals surface area contributed by atoms with Gasteiger partial charge in [-0.1, -0.05) is 102 Å². The lowest BCUT2D eigenvalue weighted by atomic mass is 9.86. The molecular formula is C26H30O2. The van der Waals surface area contributed by atoms with Crippen LogP contribution in [0.15, 0.2) is 60.7 Å². The van der Waals surface area contributed by atoms with Gasteiger partial charge in [0.05, 0.1) is 0 Å². The number of rotatable bonds is 5. The molecule has 2 rings (SSSR count). The number of benzene rings is 2. The Hall–Kier alpha value is -2.74. The van der Waals surface area contributed by atoms with Crippen LogP contribution in [0.1, 0.15) is 63.8 Å². The quantitative estimate of drug-likeness (QED) is 0.465. The van der Waals surface area contributed by atoms with E-state index in [0.29, 0.717) is 0 Å². The Kier molecular flexibility index (Phi) is 6.56. The predicted molar refractivity (Wildman–Crippen MR) is 118 cm³/mol. The van der Waals surface area contributed by atoms with Crippen molar-refractivity contribution in [3.05, 3.63) is 82.9 Å². The van der Waals surface area contributed by atoms with Gasteiger partial charge in [0, 0.05) is 0 Å². The molecule has 0 radical (unpaired) electrons. The van der Waals surface area contributed by atoms with E-state index in [1.54, 1.807) is 12.2 Å². The summed E-state index contributed by atoms with van der Waals surface area (Å²) in [7, 11) is 0. The fraction of sp³-hybridized carbons (Fsp3) is 0.308.